The van der Waals surface area contributed by atoms with Gasteiger partial charge in [0.2, 0.25) is 5.82 Å². The number of carbonyl (C=O) groups excluding carboxylic acids is 1. The Balaban J connectivity index is 1.87. The number of nitrogens with zero attached hydrogens (tertiary/aromatic N) is 2. The summed E-state index contributed by atoms with van der Waals surface area (Å²) >= 11 is 12.9. The van der Waals surface area contributed by atoms with E-state index < -0.39 is 33.8 Å². The quantitative estimate of drug-likeness (QED) is 0.537. The first kappa shape index (κ1) is 20.8. The lowest BCUT2D eigenvalue weighted by Gasteiger charge is -2.34. The van der Waals surface area contributed by atoms with Crippen molar-refractivity contribution in [3.8, 4) is 0 Å². The van der Waals surface area contributed by atoms with Crippen LogP contribution >= 0.6 is 23.2 Å². The molecule has 10 heteroatoms. The summed E-state index contributed by atoms with van der Waals surface area (Å²) in [6.07, 6.45) is -2.67. The summed E-state index contributed by atoms with van der Waals surface area (Å²) in [6, 6.07) is 8.21. The monoisotopic (exact) mass is 435 g/mol. The van der Waals surface area contributed by atoms with Crippen LogP contribution in [0.5, 0.6) is 0 Å². The summed E-state index contributed by atoms with van der Waals surface area (Å²) in [4.78, 5) is 17.1. The summed E-state index contributed by atoms with van der Waals surface area (Å²) in [5, 5.41) is 1.26. The van der Waals surface area contributed by atoms with Gasteiger partial charge in [0.05, 0.1) is 5.38 Å². The molecule has 1 fully saturated rings. The van der Waals surface area contributed by atoms with Gasteiger partial charge in [-0.3, -0.25) is 4.79 Å². The van der Waals surface area contributed by atoms with Crippen LogP contribution in [-0.4, -0.2) is 33.5 Å². The summed E-state index contributed by atoms with van der Waals surface area (Å²) in [6.45, 7) is -0.323. The Morgan fingerprint density at radius 2 is 1.75 bits per heavy atom. The Kier molecular flexibility index (Phi) is 5.55. The Labute approximate surface area is 168 Å². The van der Waals surface area contributed by atoms with E-state index in [0.717, 1.165) is 12.4 Å². The Hall–Kier alpha value is -1.93. The molecule has 0 bridgehead atoms. The third-order valence-electron chi connectivity index (χ3n) is 4.51. The lowest BCUT2D eigenvalue weighted by Crippen LogP contribution is -2.47. The number of benzene rings is 1. The van der Waals surface area contributed by atoms with Crippen LogP contribution < -0.4 is 5.32 Å². The second kappa shape index (κ2) is 7.48. The summed E-state index contributed by atoms with van der Waals surface area (Å²) < 4.78 is 52.8. The van der Waals surface area contributed by atoms with Crippen LogP contribution in [0.15, 0.2) is 42.7 Å². The van der Waals surface area contributed by atoms with E-state index >= 15 is 0 Å². The highest BCUT2D eigenvalue weighted by molar-refractivity contribution is 6.33. The van der Waals surface area contributed by atoms with E-state index in [1.807, 2.05) is 0 Å². The average Bonchev–Trinajstić information content (AvgIpc) is 3.44. The molecule has 2 unspecified atom stereocenters. The number of rotatable bonds is 6. The fourth-order valence-electron chi connectivity index (χ4n) is 2.71. The highest BCUT2D eigenvalue weighted by Gasteiger charge is 2.58. The van der Waals surface area contributed by atoms with Gasteiger partial charge in [-0.15, -0.1) is 23.2 Å². The maximum Gasteiger partial charge on any atom is 0.451 e. The first-order chi connectivity index (χ1) is 13.1. The molecule has 1 amide bonds. The van der Waals surface area contributed by atoms with Crippen LogP contribution in [0.25, 0.3) is 0 Å². The van der Waals surface area contributed by atoms with Crippen molar-refractivity contribution in [2.24, 2.45) is 0 Å². The highest BCUT2D eigenvalue weighted by atomic mass is 35.5. The van der Waals surface area contributed by atoms with Crippen LogP contribution in [0.2, 0.25) is 0 Å². The van der Waals surface area contributed by atoms with Crippen LogP contribution in [0.1, 0.15) is 34.6 Å². The molecule has 0 radical (unpaired) electrons. The molecule has 3 rings (SSSR count). The Morgan fingerprint density at radius 3 is 2.25 bits per heavy atom. The van der Waals surface area contributed by atoms with Crippen molar-refractivity contribution in [3.05, 3.63) is 59.7 Å². The van der Waals surface area contributed by atoms with E-state index in [1.165, 1.54) is 0 Å². The lowest BCUT2D eigenvalue weighted by atomic mass is 9.92. The minimum Gasteiger partial charge on any atom is -0.350 e. The van der Waals surface area contributed by atoms with Crippen LogP contribution in [-0.2, 0) is 11.1 Å². The zero-order valence-electron chi connectivity index (χ0n) is 14.3. The predicted molar refractivity (Wildman–Crippen MR) is 96.1 cm³/mol. The fraction of sp³-hybridized carbons (Fsp3) is 0.389. The van der Waals surface area contributed by atoms with Gasteiger partial charge < -0.3 is 5.32 Å². The minimum absolute atomic E-state index is 0.0144. The molecule has 1 N–H and O–H groups in total. The topological polar surface area (TPSA) is 54.9 Å². The Bertz CT molecular complexity index is 844. The van der Waals surface area contributed by atoms with Gasteiger partial charge in [-0.1, -0.05) is 18.2 Å². The second-order valence-electron chi connectivity index (χ2n) is 6.60. The van der Waals surface area contributed by atoms with Crippen molar-refractivity contribution < 1.29 is 22.4 Å². The molecule has 150 valence electrons. The van der Waals surface area contributed by atoms with Gasteiger partial charge in [0.25, 0.3) is 5.91 Å². The first-order valence-corrected chi connectivity index (χ1v) is 9.12. The number of aromatic nitrogens is 2. The van der Waals surface area contributed by atoms with Gasteiger partial charge in [0.15, 0.2) is 0 Å². The molecule has 0 spiro atoms. The van der Waals surface area contributed by atoms with Crippen molar-refractivity contribution in [2.75, 3.05) is 6.54 Å². The van der Waals surface area contributed by atoms with Gasteiger partial charge in [-0.2, -0.15) is 13.2 Å². The molecular formula is C18H15Cl2F4N3O. The SMILES string of the molecule is O=C(NCC(Cl)(c1cnc(C(F)(F)F)nc1)C(Cl)C1(F)CC1)c1ccccc1. The van der Waals surface area contributed by atoms with E-state index in [4.69, 9.17) is 23.2 Å². The second-order valence-corrected chi connectivity index (χ2v) is 7.71. The number of alkyl halides is 6. The number of amides is 1. The van der Waals surface area contributed by atoms with Crippen molar-refractivity contribution in [1.29, 1.82) is 0 Å². The van der Waals surface area contributed by atoms with Crippen LogP contribution in [0.4, 0.5) is 17.6 Å². The molecule has 1 heterocycles. The normalized spacial score (nSPS) is 18.8. The maximum atomic E-state index is 14.6. The van der Waals surface area contributed by atoms with Crippen LogP contribution in [0, 0.1) is 0 Å². The van der Waals surface area contributed by atoms with Crippen molar-refractivity contribution in [1.82, 2.24) is 15.3 Å². The summed E-state index contributed by atoms with van der Waals surface area (Å²) in [5.74, 6) is -1.83. The fourth-order valence-corrected chi connectivity index (χ4v) is 3.49. The molecule has 0 aliphatic heterocycles. The van der Waals surface area contributed by atoms with Gasteiger partial charge in [0.1, 0.15) is 10.5 Å². The third-order valence-corrected chi connectivity index (χ3v) is 5.96. The minimum atomic E-state index is -4.73. The predicted octanol–water partition coefficient (Wildman–Crippen LogP) is 4.47. The molecule has 1 aliphatic carbocycles. The van der Waals surface area contributed by atoms with E-state index in [-0.39, 0.29) is 24.9 Å². The number of nitrogens with one attached hydrogen (secondary N) is 1. The molecule has 0 saturated heterocycles. The standard InChI is InChI=1S/C18H15Cl2F4N3O/c19-14(16(21)6-7-16)17(20,10-27-13(28)11-4-2-1-3-5-11)12-8-25-15(26-9-12)18(22,23)24/h1-5,8-9,14H,6-7,10H2,(H,27,28). The smallest absolute Gasteiger partial charge is 0.350 e. The lowest BCUT2D eigenvalue weighted by molar-refractivity contribution is -0.145. The van der Waals surface area contributed by atoms with Crippen molar-refractivity contribution in [2.45, 2.75) is 34.9 Å². The molecule has 1 saturated carbocycles. The number of halogens is 6. The molecule has 1 aliphatic rings. The zero-order chi connectivity index (χ0) is 20.6. The molecule has 2 aromatic rings. The molecule has 4 nitrogen and oxygen atoms in total. The number of hydrogen-bond donors (Lipinski definition) is 1. The molecular weight excluding hydrogens is 421 g/mol. The van der Waals surface area contributed by atoms with Gasteiger partial charge in [0, 0.05) is 30.1 Å². The van der Waals surface area contributed by atoms with E-state index in [0.29, 0.717) is 5.56 Å². The maximum absolute atomic E-state index is 14.6. The van der Waals surface area contributed by atoms with E-state index in [2.05, 4.69) is 15.3 Å². The number of carbonyl (C=O) groups is 1. The molecule has 28 heavy (non-hydrogen) atoms. The largest absolute Gasteiger partial charge is 0.451 e. The molecule has 2 atom stereocenters. The van der Waals surface area contributed by atoms with Crippen LogP contribution in [0.3, 0.4) is 0 Å². The summed E-state index contributed by atoms with van der Waals surface area (Å²) in [7, 11) is 0. The molecule has 1 aromatic carbocycles. The molecule has 1 aromatic heterocycles. The van der Waals surface area contributed by atoms with Gasteiger partial charge in [-0.25, -0.2) is 14.4 Å². The Morgan fingerprint density at radius 1 is 1.18 bits per heavy atom. The number of hydrogen-bond acceptors (Lipinski definition) is 3. The van der Waals surface area contributed by atoms with Gasteiger partial charge >= 0.3 is 6.18 Å². The first-order valence-electron chi connectivity index (χ1n) is 8.31. The van der Waals surface area contributed by atoms with Crippen molar-refractivity contribution in [3.63, 3.8) is 0 Å². The van der Waals surface area contributed by atoms with E-state index in [1.54, 1.807) is 30.3 Å². The summed E-state index contributed by atoms with van der Waals surface area (Å²) in [5.41, 5.74) is -1.44. The highest BCUT2D eigenvalue weighted by Crippen LogP contribution is 2.53. The third kappa shape index (κ3) is 4.22. The van der Waals surface area contributed by atoms with Gasteiger partial charge in [-0.05, 0) is 25.0 Å². The van der Waals surface area contributed by atoms with Crippen molar-refractivity contribution >= 4 is 29.1 Å². The van der Waals surface area contributed by atoms with E-state index in [9.17, 15) is 22.4 Å². The average molecular weight is 436 g/mol. The zero-order valence-corrected chi connectivity index (χ0v) is 15.8.